The van der Waals surface area contributed by atoms with Crippen LogP contribution >= 0.6 is 0 Å². The maximum Gasteiger partial charge on any atom is 0.236 e. The van der Waals surface area contributed by atoms with Crippen LogP contribution in [0.2, 0.25) is 0 Å². The van der Waals surface area contributed by atoms with Gasteiger partial charge < -0.3 is 14.6 Å². The second-order valence-corrected chi connectivity index (χ2v) is 6.40. The van der Waals surface area contributed by atoms with E-state index < -0.39 is 0 Å². The Morgan fingerprint density at radius 2 is 2.12 bits per heavy atom. The van der Waals surface area contributed by atoms with Crippen LogP contribution in [0.25, 0.3) is 11.2 Å². The molecule has 3 heterocycles. The predicted molar refractivity (Wildman–Crippen MR) is 97.4 cm³/mol. The van der Waals surface area contributed by atoms with Gasteiger partial charge in [0.05, 0.1) is 19.0 Å². The van der Waals surface area contributed by atoms with E-state index in [-0.39, 0.29) is 11.9 Å². The van der Waals surface area contributed by atoms with E-state index in [0.29, 0.717) is 30.1 Å². The second kappa shape index (κ2) is 7.50. The van der Waals surface area contributed by atoms with Gasteiger partial charge in [0.2, 0.25) is 5.82 Å². The number of ether oxygens (including phenoxy) is 1. The first kappa shape index (κ1) is 16.5. The van der Waals surface area contributed by atoms with Gasteiger partial charge in [-0.15, -0.1) is 0 Å². The number of benzene rings is 1. The summed E-state index contributed by atoms with van der Waals surface area (Å²) in [6.07, 6.45) is 5.26. The summed E-state index contributed by atoms with van der Waals surface area (Å²) in [5.41, 5.74) is 2.48. The molecule has 1 saturated heterocycles. The minimum atomic E-state index is 0.138. The second-order valence-electron chi connectivity index (χ2n) is 6.40. The van der Waals surface area contributed by atoms with Gasteiger partial charge in [0.25, 0.3) is 0 Å². The summed E-state index contributed by atoms with van der Waals surface area (Å²) < 4.78 is 7.78. The SMILES string of the molecule is N#Cc1nc(NCc2ccccc2)c2ncn(CC3CCCCO3)c2n1. The minimum absolute atomic E-state index is 0.138. The van der Waals surface area contributed by atoms with Gasteiger partial charge in [-0.1, -0.05) is 30.3 Å². The molecule has 7 heteroatoms. The Morgan fingerprint density at radius 1 is 1.23 bits per heavy atom. The van der Waals surface area contributed by atoms with Crippen LogP contribution in [-0.4, -0.2) is 32.2 Å². The first-order chi connectivity index (χ1) is 12.8. The van der Waals surface area contributed by atoms with Crippen LogP contribution in [0, 0.1) is 11.3 Å². The van der Waals surface area contributed by atoms with Gasteiger partial charge in [0, 0.05) is 13.2 Å². The number of hydrogen-bond donors (Lipinski definition) is 1. The zero-order valence-corrected chi connectivity index (χ0v) is 14.4. The third-order valence-corrected chi connectivity index (χ3v) is 4.54. The van der Waals surface area contributed by atoms with Crippen molar-refractivity contribution >= 4 is 17.0 Å². The summed E-state index contributed by atoms with van der Waals surface area (Å²) >= 11 is 0. The topological polar surface area (TPSA) is 88.7 Å². The van der Waals surface area contributed by atoms with Gasteiger partial charge in [0.15, 0.2) is 17.0 Å². The van der Waals surface area contributed by atoms with Crippen molar-refractivity contribution in [2.24, 2.45) is 0 Å². The lowest BCUT2D eigenvalue weighted by molar-refractivity contribution is 0.00652. The first-order valence-corrected chi connectivity index (χ1v) is 8.86. The van der Waals surface area contributed by atoms with Gasteiger partial charge >= 0.3 is 0 Å². The van der Waals surface area contributed by atoms with Crippen molar-refractivity contribution in [1.82, 2.24) is 19.5 Å². The Bertz CT molecular complexity index is 924. The highest BCUT2D eigenvalue weighted by atomic mass is 16.5. The molecule has 132 valence electrons. The quantitative estimate of drug-likeness (QED) is 0.763. The van der Waals surface area contributed by atoms with Crippen LogP contribution in [0.3, 0.4) is 0 Å². The van der Waals surface area contributed by atoms with E-state index in [2.05, 4.69) is 20.3 Å². The van der Waals surface area contributed by atoms with Gasteiger partial charge in [0.1, 0.15) is 6.07 Å². The Labute approximate surface area is 151 Å². The average Bonchev–Trinajstić information content (AvgIpc) is 3.10. The molecule has 4 rings (SSSR count). The van der Waals surface area contributed by atoms with Crippen LogP contribution in [0.15, 0.2) is 36.7 Å². The minimum Gasteiger partial charge on any atom is -0.376 e. The molecule has 1 fully saturated rings. The fourth-order valence-electron chi connectivity index (χ4n) is 3.20. The largest absolute Gasteiger partial charge is 0.376 e. The maximum absolute atomic E-state index is 9.30. The lowest BCUT2D eigenvalue weighted by Crippen LogP contribution is -2.24. The standard InChI is InChI=1S/C19H20N6O/c20-10-16-23-18(21-11-14-6-2-1-3-7-14)17-19(24-16)25(13-22-17)12-15-8-4-5-9-26-15/h1-3,6-7,13,15H,4-5,8-9,11-12H2,(H,21,23,24). The van der Waals surface area contributed by atoms with Crippen LogP contribution in [0.4, 0.5) is 5.82 Å². The van der Waals surface area contributed by atoms with E-state index in [1.165, 1.54) is 6.42 Å². The van der Waals surface area contributed by atoms with Crippen molar-refractivity contribution in [2.75, 3.05) is 11.9 Å². The molecule has 1 aliphatic rings. The Balaban J connectivity index is 1.61. The molecule has 7 nitrogen and oxygen atoms in total. The van der Waals surface area contributed by atoms with E-state index in [1.54, 1.807) is 6.33 Å². The molecule has 0 bridgehead atoms. The highest BCUT2D eigenvalue weighted by Gasteiger charge is 2.18. The molecule has 0 amide bonds. The average molecular weight is 348 g/mol. The zero-order valence-electron chi connectivity index (χ0n) is 14.4. The molecule has 26 heavy (non-hydrogen) atoms. The smallest absolute Gasteiger partial charge is 0.236 e. The summed E-state index contributed by atoms with van der Waals surface area (Å²) in [7, 11) is 0. The van der Waals surface area contributed by atoms with Crippen molar-refractivity contribution in [3.05, 3.63) is 48.0 Å². The van der Waals surface area contributed by atoms with Crippen molar-refractivity contribution in [1.29, 1.82) is 5.26 Å². The lowest BCUT2D eigenvalue weighted by Gasteiger charge is -2.22. The molecule has 0 spiro atoms. The molecule has 1 N–H and O–H groups in total. The van der Waals surface area contributed by atoms with E-state index in [1.807, 2.05) is 41.0 Å². The molecular weight excluding hydrogens is 328 g/mol. The highest BCUT2D eigenvalue weighted by Crippen LogP contribution is 2.22. The maximum atomic E-state index is 9.30. The van der Waals surface area contributed by atoms with Gasteiger partial charge in [-0.25, -0.2) is 4.98 Å². The molecule has 1 atom stereocenters. The number of nitriles is 1. The third-order valence-electron chi connectivity index (χ3n) is 4.54. The van der Waals surface area contributed by atoms with Crippen LogP contribution in [0.1, 0.15) is 30.7 Å². The van der Waals surface area contributed by atoms with E-state index in [4.69, 9.17) is 4.74 Å². The molecule has 3 aromatic rings. The summed E-state index contributed by atoms with van der Waals surface area (Å²) in [4.78, 5) is 13.2. The van der Waals surface area contributed by atoms with E-state index in [9.17, 15) is 5.26 Å². The molecule has 0 radical (unpaired) electrons. The van der Waals surface area contributed by atoms with Crippen molar-refractivity contribution in [3.63, 3.8) is 0 Å². The van der Waals surface area contributed by atoms with Gasteiger partial charge in [-0.3, -0.25) is 0 Å². The Morgan fingerprint density at radius 3 is 2.88 bits per heavy atom. The molecule has 0 saturated carbocycles. The van der Waals surface area contributed by atoms with E-state index in [0.717, 1.165) is 25.0 Å². The number of nitrogens with zero attached hydrogens (tertiary/aromatic N) is 5. The van der Waals surface area contributed by atoms with E-state index >= 15 is 0 Å². The highest BCUT2D eigenvalue weighted by molar-refractivity contribution is 5.83. The number of nitrogens with one attached hydrogen (secondary N) is 1. The Kier molecular flexibility index (Phi) is 4.75. The summed E-state index contributed by atoms with van der Waals surface area (Å²) in [5, 5.41) is 12.6. The molecule has 1 unspecified atom stereocenters. The number of fused-ring (bicyclic) bond motifs is 1. The first-order valence-electron chi connectivity index (χ1n) is 8.86. The number of rotatable bonds is 5. The molecule has 1 aromatic carbocycles. The normalized spacial score (nSPS) is 17.1. The molecule has 0 aliphatic carbocycles. The fourth-order valence-corrected chi connectivity index (χ4v) is 3.20. The predicted octanol–water partition coefficient (Wildman–Crippen LogP) is 2.88. The summed E-state index contributed by atoms with van der Waals surface area (Å²) in [6, 6.07) is 12.1. The zero-order chi connectivity index (χ0) is 17.8. The van der Waals surface area contributed by atoms with Crippen LogP contribution < -0.4 is 5.32 Å². The molecule has 1 aliphatic heterocycles. The van der Waals surface area contributed by atoms with Crippen molar-refractivity contribution in [3.8, 4) is 6.07 Å². The van der Waals surface area contributed by atoms with Crippen LogP contribution in [0.5, 0.6) is 0 Å². The molecule has 2 aromatic heterocycles. The number of anilines is 1. The van der Waals surface area contributed by atoms with Gasteiger partial charge in [-0.2, -0.15) is 15.2 Å². The van der Waals surface area contributed by atoms with Crippen LogP contribution in [-0.2, 0) is 17.8 Å². The molecular formula is C19H20N6O. The van der Waals surface area contributed by atoms with Crippen molar-refractivity contribution < 1.29 is 4.74 Å². The van der Waals surface area contributed by atoms with Gasteiger partial charge in [-0.05, 0) is 24.8 Å². The Hall–Kier alpha value is -2.98. The third kappa shape index (κ3) is 3.51. The summed E-state index contributed by atoms with van der Waals surface area (Å²) in [6.45, 7) is 2.10. The fraction of sp³-hybridized carbons (Fsp3) is 0.368. The summed E-state index contributed by atoms with van der Waals surface area (Å²) in [5.74, 6) is 0.720. The number of hydrogen-bond acceptors (Lipinski definition) is 6. The monoisotopic (exact) mass is 348 g/mol. The number of imidazole rings is 1. The van der Waals surface area contributed by atoms with Crippen molar-refractivity contribution in [2.45, 2.75) is 38.5 Å². The number of aromatic nitrogens is 4. The lowest BCUT2D eigenvalue weighted by atomic mass is 10.1.